The molecule has 0 aromatic heterocycles. The molecule has 17 nitrogen and oxygen atoms in total. The van der Waals surface area contributed by atoms with Gasteiger partial charge in [-0.25, -0.2) is 4.79 Å². The quantitative estimate of drug-likeness (QED) is 0.0773. The van der Waals surface area contributed by atoms with E-state index in [4.69, 9.17) is 45.4 Å². The largest absolute Gasteiger partial charge is 0.463 e. The molecule has 8 N–H and O–H groups in total. The van der Waals surface area contributed by atoms with E-state index in [1.807, 2.05) is 51.1 Å². The monoisotopic (exact) mass is 972 g/mol. The second-order valence-electron chi connectivity index (χ2n) is 18.0. The first-order valence-electron chi connectivity index (χ1n) is 22.8. The number of halogens is 1. The van der Waals surface area contributed by atoms with E-state index in [0.717, 1.165) is 95.3 Å². The number of morpholine rings is 1. The average Bonchev–Trinajstić information content (AvgIpc) is 3.96. The second-order valence-corrected chi connectivity index (χ2v) is 19.4. The lowest BCUT2D eigenvalue weighted by atomic mass is 10.1. The molecule has 0 spiro atoms. The smallest absolute Gasteiger partial charge is 0.407 e. The molecule has 2 aliphatic carbocycles. The van der Waals surface area contributed by atoms with Crippen LogP contribution < -0.4 is 22.5 Å². The number of alkyl carbamates (subject to hydrolysis) is 1. The van der Waals surface area contributed by atoms with E-state index >= 15 is 0 Å². The Hall–Kier alpha value is -3.88. The van der Waals surface area contributed by atoms with Gasteiger partial charge in [0, 0.05) is 26.2 Å². The zero-order valence-electron chi connectivity index (χ0n) is 39.8. The SMILES string of the molecule is CC(C)(C)OC(=O)NCC[C@H](N)C(=O)OC1CCCC1.CC(C)C[C@H](N)C(=O)OCCN1CCOCC1.Cc1ccc(S(=O)(=O)O)cc1.Cl.N[C@@H](Cc1ccccc1)C(=O)OC1CCCC1. The zero-order chi connectivity index (χ0) is 48.4. The van der Waals surface area contributed by atoms with Crippen molar-refractivity contribution in [1.82, 2.24) is 10.2 Å². The van der Waals surface area contributed by atoms with Crippen LogP contribution in [0.3, 0.4) is 0 Å². The number of benzene rings is 2. The van der Waals surface area contributed by atoms with Gasteiger partial charge in [0.25, 0.3) is 10.1 Å². The van der Waals surface area contributed by atoms with Crippen molar-refractivity contribution in [3.63, 3.8) is 0 Å². The highest BCUT2D eigenvalue weighted by Crippen LogP contribution is 2.22. The number of rotatable bonds is 16. The van der Waals surface area contributed by atoms with E-state index in [1.54, 1.807) is 32.9 Å². The molecule has 1 saturated heterocycles. The second kappa shape index (κ2) is 32.0. The van der Waals surface area contributed by atoms with Gasteiger partial charge in [-0.2, -0.15) is 8.42 Å². The summed E-state index contributed by atoms with van der Waals surface area (Å²) in [6, 6.07) is 14.1. The molecule has 2 aromatic carbocycles. The van der Waals surface area contributed by atoms with Gasteiger partial charge >= 0.3 is 24.0 Å². The van der Waals surface area contributed by atoms with Crippen molar-refractivity contribution < 1.29 is 55.8 Å². The standard InChI is InChI=1S/C14H26N2O4.C14H19NO2.C12H24N2O3.C7H8O3S.ClH/c1-14(2,3)20-13(18)16-9-8-11(15)12(17)19-10-6-4-5-7-10;15-13(10-11-6-2-1-3-7-11)14(16)17-12-8-4-5-9-12;1-10(2)9-11(13)12(15)17-8-5-14-3-6-16-7-4-14;1-6-2-4-7(5-3-6)11(8,9)10;/h10-11H,4-9,15H2,1-3H3,(H,16,18);1-3,6-7,12-13H,4-5,8-10,15H2;10-11H,3-9,13H2,1-2H3;2-5H,1H3,(H,8,9,10);1H/t11-;13-;11-;;/m000../s1. The van der Waals surface area contributed by atoms with Crippen molar-refractivity contribution in [2.24, 2.45) is 23.1 Å². The molecule has 1 amide bonds. The summed E-state index contributed by atoms with van der Waals surface area (Å²) in [6.07, 6.45) is 9.54. The average molecular weight is 973 g/mol. The molecule has 3 atom stereocenters. The molecule has 376 valence electrons. The van der Waals surface area contributed by atoms with Gasteiger partial charge in [-0.3, -0.25) is 23.8 Å². The minimum atomic E-state index is -4.02. The van der Waals surface area contributed by atoms with Gasteiger partial charge in [0.05, 0.1) is 18.1 Å². The molecule has 2 saturated carbocycles. The van der Waals surface area contributed by atoms with Crippen molar-refractivity contribution >= 4 is 46.5 Å². The third-order valence-corrected chi connectivity index (χ3v) is 11.2. The topological polar surface area (TPSA) is 262 Å². The van der Waals surface area contributed by atoms with Gasteiger partial charge in [0.1, 0.15) is 42.5 Å². The maximum absolute atomic E-state index is 11.8. The summed E-state index contributed by atoms with van der Waals surface area (Å²) in [4.78, 5) is 48.6. The van der Waals surface area contributed by atoms with Gasteiger partial charge in [-0.1, -0.05) is 61.9 Å². The summed E-state index contributed by atoms with van der Waals surface area (Å²) >= 11 is 0. The van der Waals surface area contributed by atoms with Crippen LogP contribution in [0, 0.1) is 12.8 Å². The maximum atomic E-state index is 11.8. The number of aryl methyl sites for hydroxylation is 1. The molecule has 1 heterocycles. The van der Waals surface area contributed by atoms with Crippen LogP contribution in [0.15, 0.2) is 59.5 Å². The molecule has 3 fully saturated rings. The molecule has 66 heavy (non-hydrogen) atoms. The lowest BCUT2D eigenvalue weighted by Crippen LogP contribution is -2.40. The highest BCUT2D eigenvalue weighted by molar-refractivity contribution is 7.85. The van der Waals surface area contributed by atoms with Gasteiger partial charge in [-0.05, 0) is 122 Å². The van der Waals surface area contributed by atoms with Crippen LogP contribution >= 0.6 is 12.4 Å². The molecule has 0 bridgehead atoms. The van der Waals surface area contributed by atoms with Crippen LogP contribution in [0.1, 0.15) is 110 Å². The van der Waals surface area contributed by atoms with E-state index < -0.39 is 39.9 Å². The van der Waals surface area contributed by atoms with Crippen LogP contribution in [0.4, 0.5) is 4.79 Å². The normalized spacial score (nSPS) is 16.8. The number of ether oxygens (including phenoxy) is 5. The first kappa shape index (κ1) is 60.1. The highest BCUT2D eigenvalue weighted by atomic mass is 35.5. The van der Waals surface area contributed by atoms with E-state index in [0.29, 0.717) is 31.8 Å². The fourth-order valence-electron chi connectivity index (χ4n) is 6.75. The van der Waals surface area contributed by atoms with Crippen molar-refractivity contribution in [2.45, 2.75) is 153 Å². The number of carbonyl (C=O) groups is 4. The van der Waals surface area contributed by atoms with Gasteiger partial charge in [0.15, 0.2) is 0 Å². The summed E-state index contributed by atoms with van der Waals surface area (Å²) in [6.45, 7) is 16.1. The number of esters is 3. The number of amides is 1. The molecule has 19 heteroatoms. The zero-order valence-corrected chi connectivity index (χ0v) is 41.5. The van der Waals surface area contributed by atoms with Gasteiger partial charge in [0.2, 0.25) is 0 Å². The van der Waals surface area contributed by atoms with Gasteiger partial charge in [-0.15, -0.1) is 12.4 Å². The van der Waals surface area contributed by atoms with Crippen molar-refractivity contribution in [1.29, 1.82) is 0 Å². The van der Waals surface area contributed by atoms with E-state index in [2.05, 4.69) is 10.2 Å². The summed E-state index contributed by atoms with van der Waals surface area (Å²) in [5.41, 5.74) is 18.8. The highest BCUT2D eigenvalue weighted by Gasteiger charge is 2.25. The molecular weight excluding hydrogens is 894 g/mol. The molecule has 3 aliphatic rings. The first-order chi connectivity index (χ1) is 30.6. The van der Waals surface area contributed by atoms with E-state index in [1.165, 1.54) is 12.1 Å². The summed E-state index contributed by atoms with van der Waals surface area (Å²) in [5.74, 6) is -0.521. The fraction of sp³-hybridized carbons (Fsp3) is 0.660. The third-order valence-electron chi connectivity index (χ3n) is 10.3. The van der Waals surface area contributed by atoms with Crippen LogP contribution in [0.2, 0.25) is 0 Å². The molecular formula is C47H78ClN5O12S. The molecule has 0 unspecified atom stereocenters. The number of nitrogens with two attached hydrogens (primary N) is 3. The van der Waals surface area contributed by atoms with Crippen LogP contribution in [-0.4, -0.2) is 124 Å². The Bertz CT molecular complexity index is 1780. The summed E-state index contributed by atoms with van der Waals surface area (Å²) < 4.78 is 55.7. The lowest BCUT2D eigenvalue weighted by Gasteiger charge is -2.26. The molecule has 1 aliphatic heterocycles. The fourth-order valence-corrected chi connectivity index (χ4v) is 7.23. The Balaban J connectivity index is 0.000000445. The van der Waals surface area contributed by atoms with E-state index in [9.17, 15) is 27.6 Å². The van der Waals surface area contributed by atoms with Crippen molar-refractivity contribution in [3.8, 4) is 0 Å². The first-order valence-corrected chi connectivity index (χ1v) is 24.3. The number of nitrogens with zero attached hydrogens (tertiary/aromatic N) is 1. The molecule has 2 aromatic rings. The maximum Gasteiger partial charge on any atom is 0.407 e. The van der Waals surface area contributed by atoms with Crippen molar-refractivity contribution in [2.75, 3.05) is 46.0 Å². The number of carbonyl (C=O) groups excluding carboxylic acids is 4. The summed E-state index contributed by atoms with van der Waals surface area (Å²) in [5, 5.41) is 2.57. The van der Waals surface area contributed by atoms with E-state index in [-0.39, 0.29) is 54.0 Å². The van der Waals surface area contributed by atoms with Gasteiger partial charge < -0.3 is 46.2 Å². The van der Waals surface area contributed by atoms with Crippen LogP contribution in [-0.2, 0) is 54.6 Å². The molecule has 5 rings (SSSR count). The number of hydrogen-bond acceptors (Lipinski definition) is 15. The van der Waals surface area contributed by atoms with Crippen molar-refractivity contribution in [3.05, 3.63) is 65.7 Å². The minimum Gasteiger partial charge on any atom is -0.463 e. The number of nitrogens with one attached hydrogen (secondary N) is 1. The Morgan fingerprint density at radius 3 is 1.80 bits per heavy atom. The predicted molar refractivity (Wildman–Crippen MR) is 256 cm³/mol. The molecule has 0 radical (unpaired) electrons. The Labute approximate surface area is 399 Å². The minimum absolute atomic E-state index is 0. The Morgan fingerprint density at radius 2 is 1.32 bits per heavy atom. The third kappa shape index (κ3) is 27.7. The van der Waals surface area contributed by atoms with Crippen LogP contribution in [0.5, 0.6) is 0 Å². The number of hydrogen-bond donors (Lipinski definition) is 5. The Morgan fingerprint density at radius 1 is 0.803 bits per heavy atom. The lowest BCUT2D eigenvalue weighted by molar-refractivity contribution is -0.151. The Kier molecular flexibility index (Phi) is 29.1. The predicted octanol–water partition coefficient (Wildman–Crippen LogP) is 5.66. The van der Waals surface area contributed by atoms with Crippen LogP contribution in [0.25, 0.3) is 0 Å². The summed E-state index contributed by atoms with van der Waals surface area (Å²) in [7, 11) is -4.02.